The van der Waals surface area contributed by atoms with Gasteiger partial charge in [0.25, 0.3) is 0 Å². The largest absolute Gasteiger partial charge is 0.354 e. The number of aryl methyl sites for hydroxylation is 1. The summed E-state index contributed by atoms with van der Waals surface area (Å²) in [4.78, 5) is 27.9. The van der Waals surface area contributed by atoms with Gasteiger partial charge in [0.2, 0.25) is 0 Å². The summed E-state index contributed by atoms with van der Waals surface area (Å²) in [7, 11) is 0. The predicted octanol–water partition coefficient (Wildman–Crippen LogP) is 5.19. The summed E-state index contributed by atoms with van der Waals surface area (Å²) in [5.41, 5.74) is -0.169. The third-order valence-corrected chi connectivity index (χ3v) is 5.98. The van der Waals surface area contributed by atoms with E-state index in [0.29, 0.717) is 5.02 Å². The first-order valence-electron chi connectivity index (χ1n) is 8.18. The summed E-state index contributed by atoms with van der Waals surface area (Å²) < 4.78 is 5.77. The van der Waals surface area contributed by atoms with Crippen LogP contribution < -0.4 is 0 Å². The van der Waals surface area contributed by atoms with Gasteiger partial charge in [-0.3, -0.25) is 9.59 Å². The summed E-state index contributed by atoms with van der Waals surface area (Å²) >= 11 is 7.54. The Labute approximate surface area is 157 Å². The highest BCUT2D eigenvalue weighted by atomic mass is 35.5. The molecular formula is C20H21ClO3S. The molecule has 0 aliphatic carbocycles. The molecule has 1 fully saturated rings. The van der Waals surface area contributed by atoms with Crippen LogP contribution >= 0.6 is 22.9 Å². The van der Waals surface area contributed by atoms with Crippen LogP contribution in [-0.2, 0) is 14.3 Å². The number of benzene rings is 1. The first-order valence-corrected chi connectivity index (χ1v) is 9.37. The van der Waals surface area contributed by atoms with Gasteiger partial charge >= 0.3 is 0 Å². The van der Waals surface area contributed by atoms with E-state index < -0.39 is 17.1 Å². The number of hydrogen-bond acceptors (Lipinski definition) is 4. The normalized spacial score (nSPS) is 20.1. The van der Waals surface area contributed by atoms with Crippen LogP contribution in [0.3, 0.4) is 0 Å². The van der Waals surface area contributed by atoms with E-state index in [1.807, 2.05) is 37.3 Å². The molecule has 0 spiro atoms. The molecule has 132 valence electrons. The summed E-state index contributed by atoms with van der Waals surface area (Å²) in [5.74, 6) is -1.14. The third kappa shape index (κ3) is 3.19. The lowest BCUT2D eigenvalue weighted by Crippen LogP contribution is -2.57. The van der Waals surface area contributed by atoms with Gasteiger partial charge in [0.05, 0.1) is 0 Å². The van der Waals surface area contributed by atoms with E-state index in [4.69, 9.17) is 16.3 Å². The molecule has 5 heteroatoms. The molecule has 0 amide bonds. The van der Waals surface area contributed by atoms with Crippen molar-refractivity contribution in [2.75, 3.05) is 0 Å². The predicted molar refractivity (Wildman–Crippen MR) is 102 cm³/mol. The molecule has 1 aromatic heterocycles. The molecule has 0 saturated carbocycles. The maximum absolute atomic E-state index is 12.9. The Balaban J connectivity index is 2.07. The van der Waals surface area contributed by atoms with E-state index in [0.717, 1.165) is 20.9 Å². The monoisotopic (exact) mass is 376 g/mol. The maximum Gasteiger partial charge on any atom is 0.179 e. The topological polar surface area (TPSA) is 43.4 Å². The van der Waals surface area contributed by atoms with Crippen LogP contribution in [0.25, 0.3) is 10.4 Å². The highest BCUT2D eigenvalue weighted by molar-refractivity contribution is 7.15. The molecule has 0 bridgehead atoms. The van der Waals surface area contributed by atoms with E-state index >= 15 is 0 Å². The highest BCUT2D eigenvalue weighted by Gasteiger charge is 2.53. The number of rotatable bonds is 2. The third-order valence-electron chi connectivity index (χ3n) is 4.62. The van der Waals surface area contributed by atoms with Crippen molar-refractivity contribution in [2.24, 2.45) is 0 Å². The van der Waals surface area contributed by atoms with Crippen LogP contribution in [0.2, 0.25) is 5.02 Å². The minimum Gasteiger partial charge on any atom is -0.354 e. The number of Topliss-reactive ketones (excluding diaryl/α,β-unsaturated/α-hetero) is 2. The zero-order valence-electron chi connectivity index (χ0n) is 15.0. The molecule has 25 heavy (non-hydrogen) atoms. The maximum atomic E-state index is 12.9. The van der Waals surface area contributed by atoms with Crippen molar-refractivity contribution in [3.8, 4) is 10.4 Å². The number of halogens is 1. The molecule has 1 aliphatic heterocycles. The van der Waals surface area contributed by atoms with Gasteiger partial charge < -0.3 is 4.74 Å². The molecule has 1 aliphatic rings. The van der Waals surface area contributed by atoms with Gasteiger partial charge in [-0.25, -0.2) is 0 Å². The molecule has 0 unspecified atom stereocenters. The van der Waals surface area contributed by atoms with Crippen molar-refractivity contribution in [2.45, 2.75) is 51.7 Å². The van der Waals surface area contributed by atoms with E-state index in [-0.39, 0.29) is 11.6 Å². The van der Waals surface area contributed by atoms with Crippen LogP contribution in [0.4, 0.5) is 0 Å². The molecule has 1 saturated heterocycles. The molecular weight excluding hydrogens is 356 g/mol. The fraction of sp³-hybridized carbons (Fsp3) is 0.400. The fourth-order valence-corrected chi connectivity index (χ4v) is 4.56. The lowest BCUT2D eigenvalue weighted by atomic mass is 9.75. The fourth-order valence-electron chi connectivity index (χ4n) is 3.37. The second-order valence-corrected chi connectivity index (χ2v) is 9.11. The zero-order valence-corrected chi connectivity index (χ0v) is 16.5. The Morgan fingerprint density at radius 3 is 2.04 bits per heavy atom. The number of hydrogen-bond donors (Lipinski definition) is 0. The first kappa shape index (κ1) is 18.3. The number of carbonyl (C=O) groups excluding carboxylic acids is 2. The number of ketones is 2. The average molecular weight is 377 g/mol. The molecule has 1 aromatic carbocycles. The summed E-state index contributed by atoms with van der Waals surface area (Å²) in [5, 5.41) is 0.676. The van der Waals surface area contributed by atoms with Crippen molar-refractivity contribution < 1.29 is 14.3 Å². The van der Waals surface area contributed by atoms with E-state index in [9.17, 15) is 9.59 Å². The van der Waals surface area contributed by atoms with Crippen molar-refractivity contribution in [3.63, 3.8) is 0 Å². The van der Waals surface area contributed by atoms with E-state index in [1.54, 1.807) is 39.0 Å². The van der Waals surface area contributed by atoms with Crippen molar-refractivity contribution in [1.29, 1.82) is 0 Å². The summed E-state index contributed by atoms with van der Waals surface area (Å²) in [6.07, 6.45) is 0. The second kappa shape index (κ2) is 6.04. The van der Waals surface area contributed by atoms with Crippen molar-refractivity contribution in [3.05, 3.63) is 45.8 Å². The van der Waals surface area contributed by atoms with E-state index in [2.05, 4.69) is 0 Å². The Bertz CT molecular complexity index is 820. The minimum absolute atomic E-state index is 0.180. The molecule has 3 nitrogen and oxygen atoms in total. The Kier molecular flexibility index (Phi) is 4.43. The van der Waals surface area contributed by atoms with Crippen LogP contribution in [0.1, 0.15) is 44.1 Å². The zero-order chi connectivity index (χ0) is 18.6. The SMILES string of the molecule is Cc1sc(-c2ccc(Cl)cc2)cc1C1C(=O)C(C)(C)OC(C)(C)C1=O. The van der Waals surface area contributed by atoms with Gasteiger partial charge in [0, 0.05) is 14.8 Å². The lowest BCUT2D eigenvalue weighted by molar-refractivity contribution is -0.184. The van der Waals surface area contributed by atoms with Crippen LogP contribution in [-0.4, -0.2) is 22.8 Å². The quantitative estimate of drug-likeness (QED) is 0.677. The Morgan fingerprint density at radius 2 is 1.52 bits per heavy atom. The smallest absolute Gasteiger partial charge is 0.179 e. The number of thiophene rings is 1. The number of ether oxygens (including phenoxy) is 1. The first-order chi connectivity index (χ1) is 11.5. The molecule has 0 atom stereocenters. The van der Waals surface area contributed by atoms with Crippen molar-refractivity contribution in [1.82, 2.24) is 0 Å². The molecule has 3 rings (SSSR count). The van der Waals surface area contributed by atoms with Crippen LogP contribution in [0.15, 0.2) is 30.3 Å². The van der Waals surface area contributed by atoms with Crippen LogP contribution in [0, 0.1) is 6.92 Å². The summed E-state index contributed by atoms with van der Waals surface area (Å²) in [6.45, 7) is 8.89. The van der Waals surface area contributed by atoms with Gasteiger partial charge in [-0.1, -0.05) is 23.7 Å². The average Bonchev–Trinajstić information content (AvgIpc) is 2.88. The molecule has 0 radical (unpaired) electrons. The van der Waals surface area contributed by atoms with Gasteiger partial charge in [-0.2, -0.15) is 0 Å². The molecule has 2 heterocycles. The van der Waals surface area contributed by atoms with Crippen molar-refractivity contribution >= 4 is 34.5 Å². The van der Waals surface area contributed by atoms with Crippen LogP contribution in [0.5, 0.6) is 0 Å². The number of carbonyl (C=O) groups is 2. The van der Waals surface area contributed by atoms with E-state index in [1.165, 1.54) is 0 Å². The summed E-state index contributed by atoms with van der Waals surface area (Å²) in [6, 6.07) is 9.52. The molecule has 2 aromatic rings. The van der Waals surface area contributed by atoms with Gasteiger partial charge in [0.1, 0.15) is 17.1 Å². The van der Waals surface area contributed by atoms with Gasteiger partial charge in [-0.05, 0) is 63.9 Å². The molecule has 0 N–H and O–H groups in total. The Morgan fingerprint density at radius 1 is 1.00 bits per heavy atom. The lowest BCUT2D eigenvalue weighted by Gasteiger charge is -2.42. The standard InChI is InChI=1S/C20H21ClO3S/c1-11-14(10-15(25-11)12-6-8-13(21)9-7-12)16-17(22)19(2,3)24-20(4,5)18(16)23/h6-10,16H,1-5H3. The van der Waals surface area contributed by atoms with Gasteiger partial charge in [-0.15, -0.1) is 11.3 Å². The minimum atomic E-state index is -0.989. The highest BCUT2D eigenvalue weighted by Crippen LogP contribution is 2.43. The Hall–Kier alpha value is -1.49. The van der Waals surface area contributed by atoms with Gasteiger partial charge in [0.15, 0.2) is 11.6 Å². The second-order valence-electron chi connectivity index (χ2n) is 7.41.